The minimum atomic E-state index is -3.05. The van der Waals surface area contributed by atoms with Crippen molar-refractivity contribution in [1.82, 2.24) is 5.32 Å². The second-order valence-corrected chi connectivity index (χ2v) is 5.33. The molecular weight excluding hydrogens is 350 g/mol. The summed E-state index contributed by atoms with van der Waals surface area (Å²) < 4.78 is 27.8. The van der Waals surface area contributed by atoms with E-state index in [-0.39, 0.29) is 28.3 Å². The molecule has 0 saturated carbocycles. The Morgan fingerprint density at radius 2 is 2.04 bits per heavy atom. The van der Waals surface area contributed by atoms with Gasteiger partial charge in [-0.15, -0.1) is 0 Å². The predicted octanol–water partition coefficient (Wildman–Crippen LogP) is 1.28. The number of carbonyl (C=O) groups is 2. The molecule has 0 radical (unpaired) electrons. The zero-order valence-electron chi connectivity index (χ0n) is 12.4. The molecular formula is C14H17ClF2N2O5. The normalized spacial score (nSPS) is 17.8. The number of carboxylic acid groups (broad SMARTS) is 1. The summed E-state index contributed by atoms with van der Waals surface area (Å²) in [6.45, 7) is -2.11. The molecule has 0 unspecified atom stereocenters. The highest BCUT2D eigenvalue weighted by Gasteiger charge is 2.19. The number of nitrogens with one attached hydrogen (secondary N) is 1. The molecule has 1 heterocycles. The number of benzene rings is 1. The predicted molar refractivity (Wildman–Crippen MR) is 80.9 cm³/mol. The molecule has 1 amide bonds. The van der Waals surface area contributed by atoms with Gasteiger partial charge in [-0.25, -0.2) is 4.79 Å². The van der Waals surface area contributed by atoms with E-state index in [0.29, 0.717) is 0 Å². The topological polar surface area (TPSA) is 122 Å². The summed E-state index contributed by atoms with van der Waals surface area (Å²) >= 11 is 5.55. The van der Waals surface area contributed by atoms with Crippen LogP contribution in [0.25, 0.3) is 0 Å². The number of aliphatic hydroxyl groups excluding tert-OH is 1. The Morgan fingerprint density at radius 1 is 1.38 bits per heavy atom. The molecule has 134 valence electrons. The van der Waals surface area contributed by atoms with Crippen molar-refractivity contribution >= 4 is 23.5 Å². The summed E-state index contributed by atoms with van der Waals surface area (Å²) in [4.78, 5) is 20.8. The van der Waals surface area contributed by atoms with E-state index in [1.807, 2.05) is 0 Å². The van der Waals surface area contributed by atoms with Crippen LogP contribution >= 0.6 is 11.6 Å². The van der Waals surface area contributed by atoms with Gasteiger partial charge in [-0.1, -0.05) is 11.6 Å². The SMILES string of the molecule is NC(=O)[C@H]1CCCN1.O=C(O)[C@@H](O)c1cc(Cl)cc(OC(F)F)c1. The fourth-order valence-corrected chi connectivity index (χ4v) is 2.22. The molecule has 2 rings (SSSR count). The Balaban J connectivity index is 0.000000300. The van der Waals surface area contributed by atoms with Gasteiger partial charge in [-0.2, -0.15) is 8.78 Å². The molecule has 0 bridgehead atoms. The monoisotopic (exact) mass is 366 g/mol. The van der Waals surface area contributed by atoms with Crippen molar-refractivity contribution in [2.24, 2.45) is 5.73 Å². The molecule has 5 N–H and O–H groups in total. The molecule has 1 aliphatic rings. The van der Waals surface area contributed by atoms with Crippen molar-refractivity contribution in [2.75, 3.05) is 6.54 Å². The molecule has 2 atom stereocenters. The summed E-state index contributed by atoms with van der Waals surface area (Å²) in [5.74, 6) is -2.04. The Morgan fingerprint density at radius 3 is 2.46 bits per heavy atom. The number of hydrogen-bond acceptors (Lipinski definition) is 5. The van der Waals surface area contributed by atoms with Crippen LogP contribution in [0.15, 0.2) is 18.2 Å². The molecule has 1 saturated heterocycles. The summed E-state index contributed by atoms with van der Waals surface area (Å²) in [5.41, 5.74) is 4.87. The summed E-state index contributed by atoms with van der Waals surface area (Å²) in [5, 5.41) is 20.7. The lowest BCUT2D eigenvalue weighted by atomic mass is 10.1. The first kappa shape index (κ1) is 20.1. The van der Waals surface area contributed by atoms with Gasteiger partial charge in [0.15, 0.2) is 6.10 Å². The molecule has 24 heavy (non-hydrogen) atoms. The number of carbonyl (C=O) groups excluding carboxylic acids is 1. The van der Waals surface area contributed by atoms with E-state index < -0.39 is 18.7 Å². The molecule has 1 aromatic carbocycles. The molecule has 0 aromatic heterocycles. The minimum absolute atomic E-state index is 0.00606. The third-order valence-electron chi connectivity index (χ3n) is 3.07. The molecule has 1 aromatic rings. The van der Waals surface area contributed by atoms with Crippen LogP contribution in [0.4, 0.5) is 8.78 Å². The largest absolute Gasteiger partial charge is 0.479 e. The lowest BCUT2D eigenvalue weighted by Gasteiger charge is -2.10. The van der Waals surface area contributed by atoms with Gasteiger partial charge in [-0.05, 0) is 43.1 Å². The second kappa shape index (κ2) is 9.36. The van der Waals surface area contributed by atoms with Gasteiger partial charge in [0.2, 0.25) is 5.91 Å². The van der Waals surface area contributed by atoms with Crippen LogP contribution in [-0.4, -0.2) is 41.3 Å². The van der Waals surface area contributed by atoms with Gasteiger partial charge >= 0.3 is 12.6 Å². The van der Waals surface area contributed by atoms with Crippen LogP contribution in [0.1, 0.15) is 24.5 Å². The third kappa shape index (κ3) is 6.65. The average molecular weight is 367 g/mol. The summed E-state index contributed by atoms with van der Waals surface area (Å²) in [6, 6.07) is 3.18. The highest BCUT2D eigenvalue weighted by Crippen LogP contribution is 2.26. The van der Waals surface area contributed by atoms with E-state index in [0.717, 1.165) is 37.6 Å². The maximum atomic E-state index is 11.9. The Hall–Kier alpha value is -1.97. The number of carboxylic acids is 1. The standard InChI is InChI=1S/C9H7ClF2O4.C5H10N2O/c10-5-1-4(7(13)8(14)15)2-6(3-5)16-9(11)12;6-5(8)4-2-1-3-7-4/h1-3,7,9,13H,(H,14,15);4,7H,1-3H2,(H2,6,8)/t7-;4-/m01/s1. The molecule has 1 aliphatic heterocycles. The number of nitrogens with two attached hydrogens (primary N) is 1. The molecule has 10 heteroatoms. The number of aliphatic hydroxyl groups is 1. The van der Waals surface area contributed by atoms with Crippen LogP contribution in [0.3, 0.4) is 0 Å². The highest BCUT2D eigenvalue weighted by atomic mass is 35.5. The van der Waals surface area contributed by atoms with Gasteiger partial charge in [0, 0.05) is 5.02 Å². The number of alkyl halides is 2. The Bertz CT molecular complexity index is 582. The number of primary amides is 1. The molecule has 0 aliphatic carbocycles. The van der Waals surface area contributed by atoms with Crippen LogP contribution < -0.4 is 15.8 Å². The van der Waals surface area contributed by atoms with E-state index in [1.165, 1.54) is 0 Å². The van der Waals surface area contributed by atoms with E-state index >= 15 is 0 Å². The van der Waals surface area contributed by atoms with Gasteiger partial charge in [-0.3, -0.25) is 4.79 Å². The van der Waals surface area contributed by atoms with Crippen molar-refractivity contribution < 1.29 is 33.3 Å². The van der Waals surface area contributed by atoms with Gasteiger partial charge in [0.05, 0.1) is 6.04 Å². The third-order valence-corrected chi connectivity index (χ3v) is 3.29. The fourth-order valence-electron chi connectivity index (χ4n) is 1.98. The number of rotatable bonds is 5. The minimum Gasteiger partial charge on any atom is -0.479 e. The summed E-state index contributed by atoms with van der Waals surface area (Å²) in [7, 11) is 0. The van der Waals surface area contributed by atoms with Crippen molar-refractivity contribution in [3.63, 3.8) is 0 Å². The number of ether oxygens (including phenoxy) is 1. The number of amides is 1. The van der Waals surface area contributed by atoms with E-state index in [2.05, 4.69) is 10.1 Å². The van der Waals surface area contributed by atoms with Crippen LogP contribution in [-0.2, 0) is 9.59 Å². The summed E-state index contributed by atoms with van der Waals surface area (Å²) in [6.07, 6.45) is 0.155. The zero-order valence-corrected chi connectivity index (χ0v) is 13.2. The highest BCUT2D eigenvalue weighted by molar-refractivity contribution is 6.30. The number of halogens is 3. The maximum Gasteiger partial charge on any atom is 0.387 e. The van der Waals surface area contributed by atoms with Crippen molar-refractivity contribution in [1.29, 1.82) is 0 Å². The van der Waals surface area contributed by atoms with E-state index in [1.54, 1.807) is 0 Å². The van der Waals surface area contributed by atoms with E-state index in [4.69, 9.17) is 22.4 Å². The quantitative estimate of drug-likeness (QED) is 0.622. The second-order valence-electron chi connectivity index (χ2n) is 4.89. The van der Waals surface area contributed by atoms with Crippen LogP contribution in [0, 0.1) is 0 Å². The average Bonchev–Trinajstić information content (AvgIpc) is 3.00. The van der Waals surface area contributed by atoms with Gasteiger partial charge < -0.3 is 26.0 Å². The maximum absolute atomic E-state index is 11.9. The first-order valence-corrected chi connectivity index (χ1v) is 7.27. The molecule has 7 nitrogen and oxygen atoms in total. The lowest BCUT2D eigenvalue weighted by Crippen LogP contribution is -2.36. The van der Waals surface area contributed by atoms with Gasteiger partial charge in [0.25, 0.3) is 0 Å². The van der Waals surface area contributed by atoms with Crippen LogP contribution in [0.2, 0.25) is 5.02 Å². The smallest absolute Gasteiger partial charge is 0.387 e. The van der Waals surface area contributed by atoms with Crippen molar-refractivity contribution in [3.8, 4) is 5.75 Å². The molecule has 1 fully saturated rings. The zero-order chi connectivity index (χ0) is 18.3. The first-order valence-electron chi connectivity index (χ1n) is 6.89. The lowest BCUT2D eigenvalue weighted by molar-refractivity contribution is -0.147. The van der Waals surface area contributed by atoms with Crippen molar-refractivity contribution in [3.05, 3.63) is 28.8 Å². The Kier molecular flexibility index (Phi) is 7.83. The fraction of sp³-hybridized carbons (Fsp3) is 0.429. The van der Waals surface area contributed by atoms with E-state index in [9.17, 15) is 23.5 Å². The van der Waals surface area contributed by atoms with Gasteiger partial charge in [0.1, 0.15) is 5.75 Å². The molecule has 0 spiro atoms. The number of hydrogen-bond donors (Lipinski definition) is 4. The van der Waals surface area contributed by atoms with Crippen molar-refractivity contribution in [2.45, 2.75) is 31.6 Å². The first-order chi connectivity index (χ1) is 11.2. The Labute approximate surface area is 141 Å². The van der Waals surface area contributed by atoms with Crippen LogP contribution in [0.5, 0.6) is 5.75 Å². The number of aliphatic carboxylic acids is 1.